The molecule has 0 aromatic heterocycles. The molecular weight excluding hydrogens is 236 g/mol. The van der Waals surface area contributed by atoms with Gasteiger partial charge in [0.15, 0.2) is 0 Å². The summed E-state index contributed by atoms with van der Waals surface area (Å²) in [4.78, 5) is 21.4. The van der Waals surface area contributed by atoms with E-state index in [2.05, 4.69) is 26.9 Å². The van der Waals surface area contributed by atoms with Gasteiger partial charge in [-0.1, -0.05) is 44.9 Å². The summed E-state index contributed by atoms with van der Waals surface area (Å²) in [5.74, 6) is -2.75. The van der Waals surface area contributed by atoms with Gasteiger partial charge in [0.1, 0.15) is 0 Å². The van der Waals surface area contributed by atoms with E-state index in [4.69, 9.17) is 10.2 Å². The lowest BCUT2D eigenvalue weighted by Gasteiger charge is -2.27. The van der Waals surface area contributed by atoms with Crippen molar-refractivity contribution in [1.29, 1.82) is 0 Å². The third kappa shape index (κ3) is 6.46. The van der Waals surface area contributed by atoms with Crippen molar-refractivity contribution in [2.75, 3.05) is 0 Å². The van der Waals surface area contributed by atoms with Gasteiger partial charge in [0.25, 0.3) is 0 Å². The van der Waals surface area contributed by atoms with E-state index in [1.54, 1.807) is 0 Å². The number of rotatable bonds is 8. The molecule has 0 spiro atoms. The molecule has 0 aromatic rings. The highest BCUT2D eigenvalue weighted by molar-refractivity contribution is 6.78. The van der Waals surface area contributed by atoms with Crippen LogP contribution in [0.25, 0.3) is 0 Å². The third-order valence-electron chi connectivity index (χ3n) is 3.71. The maximum atomic E-state index is 10.9. The van der Waals surface area contributed by atoms with E-state index in [0.717, 1.165) is 12.5 Å². The van der Waals surface area contributed by atoms with Gasteiger partial charge in [0.05, 0.1) is 12.3 Å². The number of carbonyl (C=O) groups is 2. The molecule has 0 heterocycles. The Morgan fingerprint density at radius 1 is 1.18 bits per heavy atom. The summed E-state index contributed by atoms with van der Waals surface area (Å²) in [7, 11) is -1.26. The van der Waals surface area contributed by atoms with Crippen LogP contribution in [0.4, 0.5) is 0 Å². The van der Waals surface area contributed by atoms with Crippen LogP contribution in [0.5, 0.6) is 0 Å². The maximum Gasteiger partial charge on any atom is 0.307 e. The van der Waals surface area contributed by atoms with E-state index < -0.39 is 25.9 Å². The first-order chi connectivity index (χ1) is 7.66. The first kappa shape index (κ1) is 16.2. The SMILES string of the molecule is CC(C)[Si](C)(C)CCCC(CC(=O)O)C(=O)O. The van der Waals surface area contributed by atoms with Crippen molar-refractivity contribution in [1.82, 2.24) is 0 Å². The van der Waals surface area contributed by atoms with Crippen LogP contribution in [0.3, 0.4) is 0 Å². The molecule has 1 atom stereocenters. The first-order valence-electron chi connectivity index (χ1n) is 6.11. The zero-order valence-corrected chi connectivity index (χ0v) is 12.2. The lowest BCUT2D eigenvalue weighted by atomic mass is 10.0. The fourth-order valence-electron chi connectivity index (χ4n) is 1.62. The Morgan fingerprint density at radius 2 is 1.71 bits per heavy atom. The minimum Gasteiger partial charge on any atom is -0.481 e. The molecule has 0 aromatic carbocycles. The molecule has 0 radical (unpaired) electrons. The van der Waals surface area contributed by atoms with E-state index in [-0.39, 0.29) is 6.42 Å². The Hall–Kier alpha value is -0.843. The van der Waals surface area contributed by atoms with Crippen LogP contribution in [0.1, 0.15) is 33.1 Å². The van der Waals surface area contributed by atoms with E-state index in [0.29, 0.717) is 12.0 Å². The van der Waals surface area contributed by atoms with Gasteiger partial charge in [-0.05, 0) is 6.42 Å². The monoisotopic (exact) mass is 260 g/mol. The second-order valence-corrected chi connectivity index (χ2v) is 11.3. The molecule has 0 aliphatic heterocycles. The van der Waals surface area contributed by atoms with Gasteiger partial charge in [-0.25, -0.2) is 0 Å². The second-order valence-electron chi connectivity index (χ2n) is 5.67. The fourth-order valence-corrected chi connectivity index (χ4v) is 3.31. The average molecular weight is 260 g/mol. The molecule has 1 unspecified atom stereocenters. The molecule has 100 valence electrons. The molecule has 5 heteroatoms. The summed E-state index contributed by atoms with van der Waals surface area (Å²) < 4.78 is 0. The summed E-state index contributed by atoms with van der Waals surface area (Å²) in [6.07, 6.45) is 1.03. The summed E-state index contributed by atoms with van der Waals surface area (Å²) in [5, 5.41) is 17.5. The normalized spacial score (nSPS) is 13.7. The van der Waals surface area contributed by atoms with Gasteiger partial charge in [-0.3, -0.25) is 9.59 Å². The summed E-state index contributed by atoms with van der Waals surface area (Å²) in [6.45, 7) is 9.01. The smallest absolute Gasteiger partial charge is 0.307 e. The minimum absolute atomic E-state index is 0.265. The van der Waals surface area contributed by atoms with Crippen LogP contribution in [-0.2, 0) is 9.59 Å². The lowest BCUT2D eigenvalue weighted by molar-refractivity contribution is -0.148. The minimum atomic E-state index is -1.26. The molecule has 0 rings (SSSR count). The van der Waals surface area contributed by atoms with Gasteiger partial charge in [-0.2, -0.15) is 0 Å². The van der Waals surface area contributed by atoms with Crippen LogP contribution < -0.4 is 0 Å². The Bertz CT molecular complexity index is 274. The number of carboxylic acid groups (broad SMARTS) is 2. The summed E-state index contributed by atoms with van der Waals surface area (Å²) in [6, 6.07) is 1.06. The molecule has 0 saturated carbocycles. The van der Waals surface area contributed by atoms with E-state index in [1.807, 2.05) is 0 Å². The van der Waals surface area contributed by atoms with Crippen LogP contribution in [0, 0.1) is 5.92 Å². The Balaban J connectivity index is 4.15. The lowest BCUT2D eigenvalue weighted by Crippen LogP contribution is -2.29. The molecule has 0 bridgehead atoms. The van der Waals surface area contributed by atoms with E-state index in [1.165, 1.54) is 0 Å². The van der Waals surface area contributed by atoms with Crippen LogP contribution in [0.2, 0.25) is 24.7 Å². The van der Waals surface area contributed by atoms with Crippen molar-refractivity contribution in [3.8, 4) is 0 Å². The van der Waals surface area contributed by atoms with Crippen molar-refractivity contribution in [2.24, 2.45) is 5.92 Å². The summed E-state index contributed by atoms with van der Waals surface area (Å²) in [5.41, 5.74) is 0.672. The Morgan fingerprint density at radius 3 is 2.06 bits per heavy atom. The van der Waals surface area contributed by atoms with Crippen LogP contribution in [-0.4, -0.2) is 30.2 Å². The molecule has 0 amide bonds. The molecule has 0 aliphatic rings. The van der Waals surface area contributed by atoms with Crippen LogP contribution in [0.15, 0.2) is 0 Å². The van der Waals surface area contributed by atoms with Crippen LogP contribution >= 0.6 is 0 Å². The van der Waals surface area contributed by atoms with Gasteiger partial charge >= 0.3 is 11.9 Å². The highest BCUT2D eigenvalue weighted by Gasteiger charge is 2.26. The zero-order valence-electron chi connectivity index (χ0n) is 11.2. The Kier molecular flexibility index (Phi) is 6.45. The molecule has 17 heavy (non-hydrogen) atoms. The molecule has 0 aliphatic carbocycles. The fraction of sp³-hybridized carbons (Fsp3) is 0.833. The second kappa shape index (κ2) is 6.79. The highest BCUT2D eigenvalue weighted by atomic mass is 28.3. The van der Waals surface area contributed by atoms with E-state index >= 15 is 0 Å². The number of hydrogen-bond acceptors (Lipinski definition) is 2. The zero-order chi connectivity index (χ0) is 13.6. The first-order valence-corrected chi connectivity index (χ1v) is 9.40. The van der Waals surface area contributed by atoms with Gasteiger partial charge in [0, 0.05) is 8.07 Å². The third-order valence-corrected chi connectivity index (χ3v) is 8.48. The Labute approximate surface area is 104 Å². The molecule has 2 N–H and O–H groups in total. The van der Waals surface area contributed by atoms with E-state index in [9.17, 15) is 9.59 Å². The van der Waals surface area contributed by atoms with Gasteiger partial charge in [-0.15, -0.1) is 0 Å². The topological polar surface area (TPSA) is 74.6 Å². The number of hydrogen-bond donors (Lipinski definition) is 2. The predicted octanol–water partition coefficient (Wildman–Crippen LogP) is 3.06. The number of carboxylic acids is 2. The molecule has 4 nitrogen and oxygen atoms in total. The van der Waals surface area contributed by atoms with Crippen molar-refractivity contribution in [2.45, 2.75) is 57.8 Å². The van der Waals surface area contributed by atoms with Gasteiger partial charge < -0.3 is 10.2 Å². The van der Waals surface area contributed by atoms with Crippen molar-refractivity contribution < 1.29 is 19.8 Å². The largest absolute Gasteiger partial charge is 0.481 e. The van der Waals surface area contributed by atoms with Crippen molar-refractivity contribution in [3.63, 3.8) is 0 Å². The number of aliphatic carboxylic acids is 2. The predicted molar refractivity (Wildman–Crippen MR) is 70.0 cm³/mol. The maximum absolute atomic E-state index is 10.9. The van der Waals surface area contributed by atoms with Crippen molar-refractivity contribution >= 4 is 20.0 Å². The highest BCUT2D eigenvalue weighted by Crippen LogP contribution is 2.28. The van der Waals surface area contributed by atoms with Gasteiger partial charge in [0.2, 0.25) is 0 Å². The average Bonchev–Trinajstić information content (AvgIpc) is 2.14. The van der Waals surface area contributed by atoms with Crippen molar-refractivity contribution in [3.05, 3.63) is 0 Å². The quantitative estimate of drug-likeness (QED) is 0.658. The standard InChI is InChI=1S/C12H24O4Si/c1-9(2)17(3,4)7-5-6-10(12(15)16)8-11(13)14/h9-10H,5-8H2,1-4H3,(H,13,14)(H,15,16). The molecular formula is C12H24O4Si. The molecule has 0 saturated heterocycles. The summed E-state index contributed by atoms with van der Waals surface area (Å²) >= 11 is 0. The molecule has 0 fully saturated rings.